The van der Waals surface area contributed by atoms with Crippen LogP contribution < -0.4 is 0 Å². The second-order valence-corrected chi connectivity index (χ2v) is 3.78. The van der Waals surface area contributed by atoms with Crippen LogP contribution in [0.15, 0.2) is 35.3 Å². The van der Waals surface area contributed by atoms with Crippen LogP contribution in [-0.2, 0) is 0 Å². The Bertz CT molecular complexity index is 276. The van der Waals surface area contributed by atoms with Crippen LogP contribution >= 0.6 is 15.9 Å². The van der Waals surface area contributed by atoms with Crippen LogP contribution in [0.1, 0.15) is 25.3 Å². The summed E-state index contributed by atoms with van der Waals surface area (Å²) < 4.78 is 1.12. The summed E-state index contributed by atoms with van der Waals surface area (Å²) in [5.41, 5.74) is 2.46. The Kier molecular flexibility index (Phi) is 3.54. The standard InChI is InChI=1S/C11H13Br/c1-3-5-9(2)10-6-4-7-11(12)8-10/h4,6-8H,2-3,5H2,1H3. The summed E-state index contributed by atoms with van der Waals surface area (Å²) in [6.45, 7) is 6.20. The van der Waals surface area contributed by atoms with Gasteiger partial charge in [0.25, 0.3) is 0 Å². The zero-order valence-corrected chi connectivity index (χ0v) is 8.89. The summed E-state index contributed by atoms with van der Waals surface area (Å²) in [6.07, 6.45) is 2.24. The lowest BCUT2D eigenvalue weighted by atomic mass is 10.0. The van der Waals surface area contributed by atoms with Gasteiger partial charge in [-0.05, 0) is 29.7 Å². The van der Waals surface area contributed by atoms with Crippen LogP contribution in [0, 0.1) is 0 Å². The summed E-state index contributed by atoms with van der Waals surface area (Å²) in [6, 6.07) is 8.28. The molecule has 0 fully saturated rings. The van der Waals surface area contributed by atoms with Crippen molar-refractivity contribution in [1.29, 1.82) is 0 Å². The third-order valence-corrected chi connectivity index (χ3v) is 2.28. The topological polar surface area (TPSA) is 0 Å². The van der Waals surface area contributed by atoms with E-state index < -0.39 is 0 Å². The molecule has 12 heavy (non-hydrogen) atoms. The number of rotatable bonds is 3. The van der Waals surface area contributed by atoms with E-state index >= 15 is 0 Å². The first-order valence-electron chi connectivity index (χ1n) is 4.17. The van der Waals surface area contributed by atoms with Gasteiger partial charge in [-0.25, -0.2) is 0 Å². The van der Waals surface area contributed by atoms with Crippen molar-refractivity contribution in [1.82, 2.24) is 0 Å². The molecule has 1 aromatic carbocycles. The number of hydrogen-bond acceptors (Lipinski definition) is 0. The molecule has 0 amide bonds. The summed E-state index contributed by atoms with van der Waals surface area (Å²) >= 11 is 3.44. The highest BCUT2D eigenvalue weighted by atomic mass is 79.9. The summed E-state index contributed by atoms with van der Waals surface area (Å²) in [5.74, 6) is 0. The Labute approximate surface area is 82.4 Å². The molecule has 1 heteroatoms. The second kappa shape index (κ2) is 4.46. The minimum absolute atomic E-state index is 1.08. The van der Waals surface area contributed by atoms with Crippen LogP contribution in [0.2, 0.25) is 0 Å². The van der Waals surface area contributed by atoms with Gasteiger partial charge in [0.1, 0.15) is 0 Å². The normalized spacial score (nSPS) is 9.83. The van der Waals surface area contributed by atoms with E-state index in [0.717, 1.165) is 17.3 Å². The van der Waals surface area contributed by atoms with Gasteiger partial charge in [0.05, 0.1) is 0 Å². The SMILES string of the molecule is C=C(CCC)c1cccc(Br)c1. The predicted molar refractivity (Wildman–Crippen MR) is 58.1 cm³/mol. The molecule has 0 aliphatic heterocycles. The van der Waals surface area contributed by atoms with Crippen molar-refractivity contribution in [2.75, 3.05) is 0 Å². The first-order chi connectivity index (χ1) is 5.74. The Balaban J connectivity index is 2.81. The van der Waals surface area contributed by atoms with Gasteiger partial charge < -0.3 is 0 Å². The number of halogens is 1. The van der Waals surface area contributed by atoms with Gasteiger partial charge in [0, 0.05) is 4.47 Å². The van der Waals surface area contributed by atoms with E-state index in [1.807, 2.05) is 12.1 Å². The fourth-order valence-corrected chi connectivity index (χ4v) is 1.55. The monoisotopic (exact) mass is 224 g/mol. The average Bonchev–Trinajstić information content (AvgIpc) is 2.05. The van der Waals surface area contributed by atoms with Crippen molar-refractivity contribution in [2.45, 2.75) is 19.8 Å². The predicted octanol–water partition coefficient (Wildman–Crippen LogP) is 4.26. The van der Waals surface area contributed by atoms with Gasteiger partial charge in [0.15, 0.2) is 0 Å². The van der Waals surface area contributed by atoms with Gasteiger partial charge in [0.2, 0.25) is 0 Å². The van der Waals surface area contributed by atoms with Gasteiger partial charge in [-0.2, -0.15) is 0 Å². The van der Waals surface area contributed by atoms with Crippen molar-refractivity contribution in [3.63, 3.8) is 0 Å². The molecule has 0 atom stereocenters. The minimum Gasteiger partial charge on any atom is -0.0952 e. The van der Waals surface area contributed by atoms with Crippen molar-refractivity contribution < 1.29 is 0 Å². The molecule has 1 aromatic rings. The molecule has 0 saturated carbocycles. The molecule has 0 unspecified atom stereocenters. The van der Waals surface area contributed by atoms with Gasteiger partial charge in [-0.15, -0.1) is 0 Å². The zero-order valence-electron chi connectivity index (χ0n) is 7.31. The molecule has 0 radical (unpaired) electrons. The molecule has 0 spiro atoms. The Morgan fingerprint density at radius 2 is 2.25 bits per heavy atom. The van der Waals surface area contributed by atoms with E-state index in [1.54, 1.807) is 0 Å². The number of hydrogen-bond donors (Lipinski definition) is 0. The highest BCUT2D eigenvalue weighted by molar-refractivity contribution is 9.10. The molecular weight excluding hydrogens is 212 g/mol. The lowest BCUT2D eigenvalue weighted by molar-refractivity contribution is 0.975. The number of benzene rings is 1. The fourth-order valence-electron chi connectivity index (χ4n) is 1.15. The molecule has 0 bridgehead atoms. The fraction of sp³-hybridized carbons (Fsp3) is 0.273. The maximum atomic E-state index is 4.03. The van der Waals surface area contributed by atoms with Crippen LogP contribution in [0.3, 0.4) is 0 Å². The largest absolute Gasteiger partial charge is 0.0952 e. The summed E-state index contributed by atoms with van der Waals surface area (Å²) in [7, 11) is 0. The maximum Gasteiger partial charge on any atom is 0.0181 e. The average molecular weight is 225 g/mol. The lowest BCUT2D eigenvalue weighted by Crippen LogP contribution is -1.81. The van der Waals surface area contributed by atoms with E-state index in [1.165, 1.54) is 11.1 Å². The molecule has 0 saturated heterocycles. The Morgan fingerprint density at radius 3 is 2.83 bits per heavy atom. The van der Waals surface area contributed by atoms with Crippen molar-refractivity contribution in [3.8, 4) is 0 Å². The first kappa shape index (κ1) is 9.53. The van der Waals surface area contributed by atoms with Crippen LogP contribution in [0.25, 0.3) is 5.57 Å². The second-order valence-electron chi connectivity index (χ2n) is 2.86. The van der Waals surface area contributed by atoms with E-state index in [2.05, 4.69) is 41.6 Å². The van der Waals surface area contributed by atoms with Gasteiger partial charge in [-0.1, -0.05) is 48.0 Å². The molecular formula is C11H13Br. The van der Waals surface area contributed by atoms with Crippen LogP contribution in [0.4, 0.5) is 0 Å². The van der Waals surface area contributed by atoms with Crippen LogP contribution in [-0.4, -0.2) is 0 Å². The van der Waals surface area contributed by atoms with E-state index in [-0.39, 0.29) is 0 Å². The minimum atomic E-state index is 1.08. The highest BCUT2D eigenvalue weighted by Gasteiger charge is 1.97. The Morgan fingerprint density at radius 1 is 1.50 bits per heavy atom. The highest BCUT2D eigenvalue weighted by Crippen LogP contribution is 2.20. The van der Waals surface area contributed by atoms with Crippen molar-refractivity contribution in [2.24, 2.45) is 0 Å². The Hall–Kier alpha value is -0.560. The van der Waals surface area contributed by atoms with E-state index in [0.29, 0.717) is 0 Å². The molecule has 0 nitrogen and oxygen atoms in total. The first-order valence-corrected chi connectivity index (χ1v) is 4.97. The summed E-state index contributed by atoms with van der Waals surface area (Å²) in [5, 5.41) is 0. The summed E-state index contributed by atoms with van der Waals surface area (Å²) in [4.78, 5) is 0. The van der Waals surface area contributed by atoms with Gasteiger partial charge >= 0.3 is 0 Å². The van der Waals surface area contributed by atoms with E-state index in [4.69, 9.17) is 0 Å². The quantitative estimate of drug-likeness (QED) is 0.720. The number of allylic oxidation sites excluding steroid dienone is 1. The molecule has 1 rings (SSSR count). The van der Waals surface area contributed by atoms with Crippen LogP contribution in [0.5, 0.6) is 0 Å². The molecule has 0 heterocycles. The van der Waals surface area contributed by atoms with Crippen molar-refractivity contribution in [3.05, 3.63) is 40.9 Å². The third-order valence-electron chi connectivity index (χ3n) is 1.78. The molecule has 0 aromatic heterocycles. The maximum absolute atomic E-state index is 4.03. The van der Waals surface area contributed by atoms with E-state index in [9.17, 15) is 0 Å². The molecule has 0 aliphatic rings. The van der Waals surface area contributed by atoms with Gasteiger partial charge in [-0.3, -0.25) is 0 Å². The molecule has 0 aliphatic carbocycles. The molecule has 64 valence electrons. The zero-order chi connectivity index (χ0) is 8.97. The smallest absolute Gasteiger partial charge is 0.0181 e. The third kappa shape index (κ3) is 2.49. The molecule has 0 N–H and O–H groups in total. The lowest BCUT2D eigenvalue weighted by Gasteiger charge is -2.03. The van der Waals surface area contributed by atoms with Crippen molar-refractivity contribution >= 4 is 21.5 Å².